The van der Waals surface area contributed by atoms with Gasteiger partial charge in [-0.05, 0) is 50.1 Å². The molecule has 0 amide bonds. The van der Waals surface area contributed by atoms with Crippen LogP contribution in [0.3, 0.4) is 0 Å². The number of ether oxygens (including phenoxy) is 2. The van der Waals surface area contributed by atoms with Crippen molar-refractivity contribution in [3.63, 3.8) is 0 Å². The van der Waals surface area contributed by atoms with Crippen molar-refractivity contribution in [1.29, 1.82) is 0 Å². The van der Waals surface area contributed by atoms with E-state index in [0.717, 1.165) is 4.47 Å². The number of nitro groups is 1. The molecule has 0 saturated heterocycles. The second-order valence-electron chi connectivity index (χ2n) is 3.91. The molecule has 0 heterocycles. The van der Waals surface area contributed by atoms with E-state index in [-0.39, 0.29) is 11.4 Å². The van der Waals surface area contributed by atoms with Crippen molar-refractivity contribution in [3.05, 3.63) is 55.5 Å². The molecule has 0 aliphatic heterocycles. The predicted octanol–water partition coefficient (Wildman–Crippen LogP) is 4.41. The van der Waals surface area contributed by atoms with Gasteiger partial charge in [0.1, 0.15) is 0 Å². The first-order valence-corrected chi connectivity index (χ1v) is 7.55. The van der Waals surface area contributed by atoms with Gasteiger partial charge in [0.05, 0.1) is 33.8 Å². The summed E-state index contributed by atoms with van der Waals surface area (Å²) in [6.07, 6.45) is 0. The number of methoxy groups -OCH3 is 2. The molecule has 2 aromatic rings. The lowest BCUT2D eigenvalue weighted by Gasteiger charge is -2.04. The highest BCUT2D eigenvalue weighted by Gasteiger charge is 2.16. The number of nitrogens with two attached hydrogens (primary N) is 1. The lowest BCUT2D eigenvalue weighted by Crippen LogP contribution is -1.93. The van der Waals surface area contributed by atoms with Gasteiger partial charge in [0.15, 0.2) is 5.75 Å². The van der Waals surface area contributed by atoms with Gasteiger partial charge in [0, 0.05) is 6.07 Å². The average molecular weight is 434 g/mol. The molecule has 0 spiro atoms. The summed E-state index contributed by atoms with van der Waals surface area (Å²) >= 11 is 6.45. The zero-order valence-electron chi connectivity index (χ0n) is 11.9. The second kappa shape index (κ2) is 8.60. The third-order valence-corrected chi connectivity index (χ3v) is 3.80. The number of halogens is 2. The van der Waals surface area contributed by atoms with E-state index in [1.165, 1.54) is 13.2 Å². The first-order valence-electron chi connectivity index (χ1n) is 5.97. The fourth-order valence-electron chi connectivity index (χ4n) is 1.58. The molecule has 0 aromatic heterocycles. The van der Waals surface area contributed by atoms with Gasteiger partial charge >= 0.3 is 5.69 Å². The molecule has 0 unspecified atom stereocenters. The van der Waals surface area contributed by atoms with E-state index >= 15 is 0 Å². The molecule has 0 aliphatic rings. The van der Waals surface area contributed by atoms with Crippen molar-refractivity contribution in [2.24, 2.45) is 0 Å². The third kappa shape index (κ3) is 4.60. The summed E-state index contributed by atoms with van der Waals surface area (Å²) < 4.78 is 11.3. The van der Waals surface area contributed by atoms with Gasteiger partial charge in [0.25, 0.3) is 0 Å². The predicted molar refractivity (Wildman–Crippen MR) is 92.5 cm³/mol. The number of hydrogen-bond acceptors (Lipinski definition) is 5. The SMILES string of the molecule is COc1c(Br)cccc1[N+](=O)[O-].COc1c(N)cccc1Br. The minimum absolute atomic E-state index is 0.0353. The molecular weight excluding hydrogens is 420 g/mol. The Kier molecular flexibility index (Phi) is 7.13. The summed E-state index contributed by atoms with van der Waals surface area (Å²) in [4.78, 5) is 9.96. The monoisotopic (exact) mass is 432 g/mol. The molecule has 0 atom stereocenters. The molecule has 0 fully saturated rings. The van der Waals surface area contributed by atoms with Crippen molar-refractivity contribution >= 4 is 43.2 Å². The second-order valence-corrected chi connectivity index (χ2v) is 5.62. The molecule has 22 heavy (non-hydrogen) atoms. The maximum Gasteiger partial charge on any atom is 0.312 e. The lowest BCUT2D eigenvalue weighted by molar-refractivity contribution is -0.385. The number of nitro benzene ring substituents is 1. The van der Waals surface area contributed by atoms with Crippen LogP contribution in [0.2, 0.25) is 0 Å². The largest absolute Gasteiger partial charge is 0.493 e. The van der Waals surface area contributed by atoms with Crippen molar-refractivity contribution < 1.29 is 14.4 Å². The molecule has 2 N–H and O–H groups in total. The normalized spacial score (nSPS) is 9.45. The van der Waals surface area contributed by atoms with Crippen LogP contribution < -0.4 is 15.2 Å². The van der Waals surface area contributed by atoms with Crippen LogP contribution in [0.25, 0.3) is 0 Å². The zero-order chi connectivity index (χ0) is 16.7. The zero-order valence-corrected chi connectivity index (χ0v) is 15.0. The standard InChI is InChI=1S/C7H6BrNO3.C7H8BrNO/c1-12-7-5(8)3-2-4-6(7)9(10)11;1-10-7-5(8)3-2-4-6(7)9/h2-4H,1H3;2-4H,9H2,1H3. The van der Waals surface area contributed by atoms with Gasteiger partial charge < -0.3 is 15.2 Å². The molecule has 2 rings (SSSR count). The summed E-state index contributed by atoms with van der Waals surface area (Å²) in [5.74, 6) is 0.949. The highest BCUT2D eigenvalue weighted by molar-refractivity contribution is 9.10. The van der Waals surface area contributed by atoms with Gasteiger partial charge in [-0.1, -0.05) is 12.1 Å². The Morgan fingerprint density at radius 1 is 1.00 bits per heavy atom. The summed E-state index contributed by atoms with van der Waals surface area (Å²) in [7, 11) is 2.99. The Hall–Kier alpha value is -1.80. The van der Waals surface area contributed by atoms with Crippen LogP contribution in [0.4, 0.5) is 11.4 Å². The number of anilines is 1. The fraction of sp³-hybridized carbons (Fsp3) is 0.143. The van der Waals surface area contributed by atoms with E-state index in [0.29, 0.717) is 15.9 Å². The molecule has 6 nitrogen and oxygen atoms in total. The van der Waals surface area contributed by atoms with Crippen LogP contribution in [-0.4, -0.2) is 19.1 Å². The van der Waals surface area contributed by atoms with Gasteiger partial charge in [-0.2, -0.15) is 0 Å². The van der Waals surface area contributed by atoms with Crippen LogP contribution in [0, 0.1) is 10.1 Å². The molecular formula is C14H14Br2N2O4. The quantitative estimate of drug-likeness (QED) is 0.440. The Morgan fingerprint density at radius 2 is 1.50 bits per heavy atom. The van der Waals surface area contributed by atoms with E-state index < -0.39 is 4.92 Å². The average Bonchev–Trinajstić information content (AvgIpc) is 2.47. The summed E-state index contributed by atoms with van der Waals surface area (Å²) in [5.41, 5.74) is 6.19. The highest BCUT2D eigenvalue weighted by Crippen LogP contribution is 2.34. The van der Waals surface area contributed by atoms with Gasteiger partial charge in [-0.15, -0.1) is 0 Å². The number of hydrogen-bond donors (Lipinski definition) is 1. The Morgan fingerprint density at radius 3 is 1.86 bits per heavy atom. The van der Waals surface area contributed by atoms with Crippen LogP contribution in [0.1, 0.15) is 0 Å². The number of nitrogens with zero attached hydrogens (tertiary/aromatic N) is 1. The van der Waals surface area contributed by atoms with E-state index in [1.807, 2.05) is 12.1 Å². The van der Waals surface area contributed by atoms with E-state index in [4.69, 9.17) is 15.2 Å². The van der Waals surface area contributed by atoms with Crippen molar-refractivity contribution in [3.8, 4) is 11.5 Å². The minimum Gasteiger partial charge on any atom is -0.493 e. The van der Waals surface area contributed by atoms with Crippen molar-refractivity contribution in [1.82, 2.24) is 0 Å². The first kappa shape index (κ1) is 18.2. The van der Waals surface area contributed by atoms with E-state index in [2.05, 4.69) is 31.9 Å². The van der Waals surface area contributed by atoms with E-state index in [9.17, 15) is 10.1 Å². The van der Waals surface area contributed by atoms with Crippen LogP contribution in [0.5, 0.6) is 11.5 Å². The highest BCUT2D eigenvalue weighted by atomic mass is 79.9. The maximum absolute atomic E-state index is 10.4. The van der Waals surface area contributed by atoms with Gasteiger partial charge in [-0.25, -0.2) is 0 Å². The van der Waals surface area contributed by atoms with Crippen molar-refractivity contribution in [2.75, 3.05) is 20.0 Å². The fourth-order valence-corrected chi connectivity index (χ4v) is 2.65. The summed E-state index contributed by atoms with van der Waals surface area (Å²) in [6.45, 7) is 0. The molecule has 2 aromatic carbocycles. The maximum atomic E-state index is 10.4. The number of para-hydroxylation sites is 2. The number of benzene rings is 2. The molecule has 118 valence electrons. The van der Waals surface area contributed by atoms with E-state index in [1.54, 1.807) is 25.3 Å². The van der Waals surface area contributed by atoms with Gasteiger partial charge in [0.2, 0.25) is 5.75 Å². The minimum atomic E-state index is -0.483. The van der Waals surface area contributed by atoms with Crippen LogP contribution in [-0.2, 0) is 0 Å². The van der Waals surface area contributed by atoms with Crippen molar-refractivity contribution in [2.45, 2.75) is 0 Å². The molecule has 0 aliphatic carbocycles. The lowest BCUT2D eigenvalue weighted by atomic mass is 10.3. The van der Waals surface area contributed by atoms with Gasteiger partial charge in [-0.3, -0.25) is 10.1 Å². The summed E-state index contributed by atoms with van der Waals surface area (Å²) in [6, 6.07) is 10.2. The molecule has 0 radical (unpaired) electrons. The topological polar surface area (TPSA) is 87.6 Å². The Balaban J connectivity index is 0.000000224. The molecule has 0 saturated carbocycles. The Bertz CT molecular complexity index is 645. The van der Waals surface area contributed by atoms with Crippen LogP contribution >= 0.6 is 31.9 Å². The summed E-state index contributed by atoms with van der Waals surface area (Å²) in [5, 5.41) is 10.4. The Labute approximate surface area is 144 Å². The smallest absolute Gasteiger partial charge is 0.312 e. The molecule has 8 heteroatoms. The van der Waals surface area contributed by atoms with Crippen LogP contribution in [0.15, 0.2) is 45.3 Å². The third-order valence-electron chi connectivity index (χ3n) is 2.55. The first-order chi connectivity index (χ1) is 10.4. The molecule has 0 bridgehead atoms. The number of nitrogen functional groups attached to an aromatic ring is 1. The number of rotatable bonds is 3.